The molecule has 0 spiro atoms. The molecule has 3 rings (SSSR count). The lowest BCUT2D eigenvalue weighted by Crippen LogP contribution is -2.55. The van der Waals surface area contributed by atoms with E-state index in [0.717, 1.165) is 11.3 Å². The van der Waals surface area contributed by atoms with Gasteiger partial charge in [0.05, 0.1) is 11.1 Å². The zero-order chi connectivity index (χ0) is 15.1. The van der Waals surface area contributed by atoms with Crippen LogP contribution in [0.2, 0.25) is 0 Å². The highest BCUT2D eigenvalue weighted by molar-refractivity contribution is 7.21. The summed E-state index contributed by atoms with van der Waals surface area (Å²) in [7, 11) is 0. The summed E-state index contributed by atoms with van der Waals surface area (Å²) < 4.78 is 14.5. The van der Waals surface area contributed by atoms with Crippen molar-refractivity contribution < 1.29 is 14.0 Å². The molecule has 1 aliphatic heterocycles. The Hall–Kier alpha value is -2.15. The van der Waals surface area contributed by atoms with Crippen LogP contribution < -0.4 is 11.1 Å². The minimum absolute atomic E-state index is 0.149. The molecule has 7 heteroatoms. The molecule has 2 aromatic rings. The molecule has 0 bridgehead atoms. The second-order valence-electron chi connectivity index (χ2n) is 4.92. The molecule has 1 aromatic heterocycles. The van der Waals surface area contributed by atoms with E-state index in [4.69, 9.17) is 5.73 Å². The Labute approximate surface area is 124 Å². The minimum Gasteiger partial charge on any atom is -0.397 e. The summed E-state index contributed by atoms with van der Waals surface area (Å²) >= 11 is 1.16. The molecule has 1 aromatic carbocycles. The Morgan fingerprint density at radius 1 is 1.52 bits per heavy atom. The van der Waals surface area contributed by atoms with Crippen LogP contribution in [0, 0.1) is 5.82 Å². The Bertz CT molecular complexity index is 743. The summed E-state index contributed by atoms with van der Waals surface area (Å²) in [6.45, 7) is 2.49. The van der Waals surface area contributed by atoms with Gasteiger partial charge in [0.2, 0.25) is 5.91 Å². The van der Waals surface area contributed by atoms with Crippen LogP contribution in [0.1, 0.15) is 16.6 Å². The highest BCUT2D eigenvalue weighted by atomic mass is 32.1. The van der Waals surface area contributed by atoms with Crippen LogP contribution in [0.3, 0.4) is 0 Å². The van der Waals surface area contributed by atoms with Gasteiger partial charge >= 0.3 is 0 Å². The predicted molar refractivity (Wildman–Crippen MR) is 79.7 cm³/mol. The standard InChI is InChI=1S/C14H14FN3O2S/c1-7-13(19)17-5-6-18(7)14(20)12-11(16)10-8(15)3-2-4-9(10)21-12/h2-4,7H,5-6,16H2,1H3,(H,17,19). The number of carbonyl (C=O) groups is 2. The number of nitrogens with zero attached hydrogens (tertiary/aromatic N) is 1. The average Bonchev–Trinajstić information content (AvgIpc) is 2.80. The molecule has 0 radical (unpaired) electrons. The summed E-state index contributed by atoms with van der Waals surface area (Å²) in [5.41, 5.74) is 6.10. The molecule has 110 valence electrons. The number of anilines is 1. The Morgan fingerprint density at radius 3 is 3.00 bits per heavy atom. The molecule has 0 saturated carbocycles. The van der Waals surface area contributed by atoms with Crippen molar-refractivity contribution in [2.75, 3.05) is 18.8 Å². The van der Waals surface area contributed by atoms with E-state index in [1.165, 1.54) is 11.0 Å². The van der Waals surface area contributed by atoms with Gasteiger partial charge in [-0.25, -0.2) is 4.39 Å². The van der Waals surface area contributed by atoms with Crippen molar-refractivity contribution >= 4 is 38.9 Å². The number of nitrogens with two attached hydrogens (primary N) is 1. The Kier molecular flexibility index (Phi) is 3.29. The molecule has 1 saturated heterocycles. The fourth-order valence-electron chi connectivity index (χ4n) is 2.48. The maximum Gasteiger partial charge on any atom is 0.266 e. The Morgan fingerprint density at radius 2 is 2.29 bits per heavy atom. The van der Waals surface area contributed by atoms with Gasteiger partial charge in [-0.15, -0.1) is 11.3 Å². The summed E-state index contributed by atoms with van der Waals surface area (Å²) in [6.07, 6.45) is 0. The van der Waals surface area contributed by atoms with Crippen molar-refractivity contribution in [2.24, 2.45) is 0 Å². The average molecular weight is 307 g/mol. The van der Waals surface area contributed by atoms with Crippen molar-refractivity contribution in [3.05, 3.63) is 28.9 Å². The SMILES string of the molecule is CC1C(=O)NCCN1C(=O)c1sc2cccc(F)c2c1N. The lowest BCUT2D eigenvalue weighted by molar-refractivity contribution is -0.127. The molecule has 3 N–H and O–H groups in total. The summed E-state index contributed by atoms with van der Waals surface area (Å²) in [5.74, 6) is -0.958. The van der Waals surface area contributed by atoms with E-state index in [2.05, 4.69) is 5.32 Å². The first-order chi connectivity index (χ1) is 10.0. The van der Waals surface area contributed by atoms with Gasteiger partial charge < -0.3 is 16.0 Å². The van der Waals surface area contributed by atoms with Crippen molar-refractivity contribution in [1.82, 2.24) is 10.2 Å². The number of nitrogens with one attached hydrogen (secondary N) is 1. The molecule has 21 heavy (non-hydrogen) atoms. The van der Waals surface area contributed by atoms with Gasteiger partial charge in [0.1, 0.15) is 16.7 Å². The molecule has 2 heterocycles. The number of piperazine rings is 1. The quantitative estimate of drug-likeness (QED) is 0.840. The van der Waals surface area contributed by atoms with Gasteiger partial charge in [0.25, 0.3) is 5.91 Å². The van der Waals surface area contributed by atoms with Crippen molar-refractivity contribution in [3.63, 3.8) is 0 Å². The fourth-order valence-corrected chi connectivity index (χ4v) is 3.57. The number of amides is 2. The van der Waals surface area contributed by atoms with Crippen LogP contribution in [0.5, 0.6) is 0 Å². The smallest absolute Gasteiger partial charge is 0.266 e. The number of hydrogen-bond acceptors (Lipinski definition) is 4. The van der Waals surface area contributed by atoms with E-state index in [9.17, 15) is 14.0 Å². The largest absolute Gasteiger partial charge is 0.397 e. The molecule has 1 fully saturated rings. The number of hydrogen-bond donors (Lipinski definition) is 2. The third-order valence-corrected chi connectivity index (χ3v) is 4.81. The van der Waals surface area contributed by atoms with Crippen LogP contribution in [0.4, 0.5) is 10.1 Å². The summed E-state index contributed by atoms with van der Waals surface area (Å²) in [4.78, 5) is 26.0. The lowest BCUT2D eigenvalue weighted by atomic mass is 10.1. The maximum atomic E-state index is 13.8. The van der Waals surface area contributed by atoms with Crippen LogP contribution in [0.25, 0.3) is 10.1 Å². The third-order valence-electron chi connectivity index (χ3n) is 3.66. The van der Waals surface area contributed by atoms with E-state index in [0.29, 0.717) is 17.8 Å². The first kappa shape index (κ1) is 13.8. The van der Waals surface area contributed by atoms with Crippen LogP contribution >= 0.6 is 11.3 Å². The molecule has 1 atom stereocenters. The van der Waals surface area contributed by atoms with E-state index in [1.54, 1.807) is 19.1 Å². The van der Waals surface area contributed by atoms with Gasteiger partial charge in [-0.05, 0) is 19.1 Å². The van der Waals surface area contributed by atoms with Crippen molar-refractivity contribution in [3.8, 4) is 0 Å². The zero-order valence-electron chi connectivity index (χ0n) is 11.4. The lowest BCUT2D eigenvalue weighted by Gasteiger charge is -2.32. The summed E-state index contributed by atoms with van der Waals surface area (Å²) in [6, 6.07) is 4.07. The van der Waals surface area contributed by atoms with E-state index in [-0.39, 0.29) is 27.8 Å². The number of carbonyl (C=O) groups excluding carboxylic acids is 2. The highest BCUT2D eigenvalue weighted by Crippen LogP contribution is 2.36. The minimum atomic E-state index is -0.555. The van der Waals surface area contributed by atoms with Gasteiger partial charge in [0, 0.05) is 17.8 Å². The fraction of sp³-hybridized carbons (Fsp3) is 0.286. The monoisotopic (exact) mass is 307 g/mol. The van der Waals surface area contributed by atoms with Gasteiger partial charge in [0.15, 0.2) is 0 Å². The third kappa shape index (κ3) is 2.13. The van der Waals surface area contributed by atoms with Crippen LogP contribution in [-0.2, 0) is 4.79 Å². The zero-order valence-corrected chi connectivity index (χ0v) is 12.2. The number of fused-ring (bicyclic) bond motifs is 1. The number of thiophene rings is 1. The number of benzene rings is 1. The van der Waals surface area contributed by atoms with Crippen LogP contribution in [0.15, 0.2) is 18.2 Å². The summed E-state index contributed by atoms with van der Waals surface area (Å²) in [5, 5.41) is 2.98. The highest BCUT2D eigenvalue weighted by Gasteiger charge is 2.32. The molecule has 1 aliphatic rings. The molecule has 5 nitrogen and oxygen atoms in total. The number of rotatable bonds is 1. The second kappa shape index (κ2) is 5.00. The molecular formula is C14H14FN3O2S. The van der Waals surface area contributed by atoms with Gasteiger partial charge in [-0.3, -0.25) is 9.59 Å². The van der Waals surface area contributed by atoms with Crippen LogP contribution in [-0.4, -0.2) is 35.8 Å². The van der Waals surface area contributed by atoms with Crippen molar-refractivity contribution in [2.45, 2.75) is 13.0 Å². The molecule has 1 unspecified atom stereocenters. The van der Waals surface area contributed by atoms with Gasteiger partial charge in [-0.1, -0.05) is 6.07 Å². The first-order valence-corrected chi connectivity index (χ1v) is 7.37. The molecule has 0 aliphatic carbocycles. The Balaban J connectivity index is 2.04. The maximum absolute atomic E-state index is 13.8. The van der Waals surface area contributed by atoms with E-state index in [1.807, 2.05) is 0 Å². The number of halogens is 1. The molecule has 2 amide bonds. The first-order valence-electron chi connectivity index (χ1n) is 6.56. The normalized spacial score (nSPS) is 18.9. The number of nitrogen functional groups attached to an aromatic ring is 1. The van der Waals surface area contributed by atoms with E-state index >= 15 is 0 Å². The second-order valence-corrected chi connectivity index (χ2v) is 5.98. The predicted octanol–water partition coefficient (Wildman–Crippen LogP) is 1.58. The van der Waals surface area contributed by atoms with Gasteiger partial charge in [-0.2, -0.15) is 0 Å². The van der Waals surface area contributed by atoms with E-state index < -0.39 is 11.9 Å². The van der Waals surface area contributed by atoms with Crippen molar-refractivity contribution in [1.29, 1.82) is 0 Å². The topological polar surface area (TPSA) is 75.4 Å². The molecular weight excluding hydrogens is 293 g/mol.